The van der Waals surface area contributed by atoms with Gasteiger partial charge in [0, 0.05) is 6.54 Å². The van der Waals surface area contributed by atoms with E-state index in [-0.39, 0.29) is 5.91 Å². The molecular formula is C16H18N2O2. The molecule has 2 rings (SSSR count). The molecule has 0 saturated carbocycles. The van der Waals surface area contributed by atoms with Crippen LogP contribution in [-0.2, 0) is 6.54 Å². The lowest BCUT2D eigenvalue weighted by molar-refractivity contribution is 0.0948. The predicted molar refractivity (Wildman–Crippen MR) is 79.8 cm³/mol. The first-order chi connectivity index (χ1) is 9.61. The van der Waals surface area contributed by atoms with Crippen molar-refractivity contribution < 1.29 is 9.53 Å². The Labute approximate surface area is 118 Å². The molecule has 0 bridgehead atoms. The van der Waals surface area contributed by atoms with Gasteiger partial charge in [0.15, 0.2) is 5.75 Å². The Bertz CT molecular complexity index is 606. The van der Waals surface area contributed by atoms with Gasteiger partial charge in [0.25, 0.3) is 5.91 Å². The van der Waals surface area contributed by atoms with E-state index in [1.807, 2.05) is 31.2 Å². The molecule has 3 N–H and O–H groups in total. The summed E-state index contributed by atoms with van der Waals surface area (Å²) in [4.78, 5) is 12.2. The molecule has 104 valence electrons. The normalized spacial score (nSPS) is 10.1. The first-order valence-electron chi connectivity index (χ1n) is 6.38. The number of anilines is 1. The average Bonchev–Trinajstić information content (AvgIpc) is 2.46. The number of hydrogen-bond donors (Lipinski definition) is 2. The minimum atomic E-state index is -0.199. The van der Waals surface area contributed by atoms with Crippen LogP contribution in [0.5, 0.6) is 5.75 Å². The first kappa shape index (κ1) is 13.9. The van der Waals surface area contributed by atoms with Gasteiger partial charge >= 0.3 is 0 Å². The monoisotopic (exact) mass is 270 g/mol. The number of benzene rings is 2. The molecule has 0 aromatic heterocycles. The number of carbonyl (C=O) groups is 1. The summed E-state index contributed by atoms with van der Waals surface area (Å²) in [6, 6.07) is 13.2. The van der Waals surface area contributed by atoms with Gasteiger partial charge in [-0.15, -0.1) is 0 Å². The molecule has 0 aliphatic heterocycles. The SMILES string of the molecule is COc1c(N)cccc1C(=O)NCc1ccc(C)cc1. The molecule has 20 heavy (non-hydrogen) atoms. The fraction of sp³-hybridized carbons (Fsp3) is 0.188. The number of carbonyl (C=O) groups excluding carboxylic acids is 1. The molecule has 0 unspecified atom stereocenters. The van der Waals surface area contributed by atoms with Crippen LogP contribution in [0, 0.1) is 6.92 Å². The summed E-state index contributed by atoms with van der Waals surface area (Å²) < 4.78 is 5.18. The second-order valence-corrected chi connectivity index (χ2v) is 4.60. The molecule has 0 aliphatic rings. The summed E-state index contributed by atoms with van der Waals surface area (Å²) in [5.74, 6) is 0.212. The van der Waals surface area contributed by atoms with E-state index in [1.54, 1.807) is 18.2 Å². The van der Waals surface area contributed by atoms with Crippen LogP contribution in [-0.4, -0.2) is 13.0 Å². The lowest BCUT2D eigenvalue weighted by atomic mass is 10.1. The number of hydrogen-bond acceptors (Lipinski definition) is 3. The molecule has 0 atom stereocenters. The zero-order valence-electron chi connectivity index (χ0n) is 11.6. The molecule has 0 aliphatic carbocycles. The van der Waals surface area contributed by atoms with E-state index >= 15 is 0 Å². The molecule has 0 saturated heterocycles. The van der Waals surface area contributed by atoms with Crippen LogP contribution in [0.3, 0.4) is 0 Å². The maximum Gasteiger partial charge on any atom is 0.255 e. The van der Waals surface area contributed by atoms with Crippen LogP contribution in [0.4, 0.5) is 5.69 Å². The number of nitrogens with two attached hydrogens (primary N) is 1. The standard InChI is InChI=1S/C16H18N2O2/c1-11-6-8-12(9-7-11)10-18-16(19)13-4-3-5-14(17)15(13)20-2/h3-9H,10,17H2,1-2H3,(H,18,19). The molecule has 4 nitrogen and oxygen atoms in total. The molecule has 4 heteroatoms. The minimum absolute atomic E-state index is 0.199. The molecule has 0 heterocycles. The number of nitrogen functional groups attached to an aromatic ring is 1. The zero-order chi connectivity index (χ0) is 14.5. The molecule has 0 radical (unpaired) electrons. The number of nitrogens with one attached hydrogen (secondary N) is 1. The van der Waals surface area contributed by atoms with E-state index in [4.69, 9.17) is 10.5 Å². The number of aryl methyl sites for hydroxylation is 1. The van der Waals surface area contributed by atoms with Gasteiger partial charge in [-0.25, -0.2) is 0 Å². The van der Waals surface area contributed by atoms with Gasteiger partial charge in [-0.3, -0.25) is 4.79 Å². The van der Waals surface area contributed by atoms with Crippen molar-refractivity contribution in [2.24, 2.45) is 0 Å². The summed E-state index contributed by atoms with van der Waals surface area (Å²) in [6.45, 7) is 2.50. The summed E-state index contributed by atoms with van der Waals surface area (Å²) in [5, 5.41) is 2.86. The van der Waals surface area contributed by atoms with Crippen molar-refractivity contribution in [3.8, 4) is 5.75 Å². The highest BCUT2D eigenvalue weighted by atomic mass is 16.5. The fourth-order valence-corrected chi connectivity index (χ4v) is 1.94. The third kappa shape index (κ3) is 3.09. The quantitative estimate of drug-likeness (QED) is 0.839. The molecule has 1 amide bonds. The maximum atomic E-state index is 12.2. The number of ether oxygens (including phenoxy) is 1. The third-order valence-electron chi connectivity index (χ3n) is 3.07. The maximum absolute atomic E-state index is 12.2. The third-order valence-corrected chi connectivity index (χ3v) is 3.07. The van der Waals surface area contributed by atoms with E-state index in [1.165, 1.54) is 12.7 Å². The highest BCUT2D eigenvalue weighted by Crippen LogP contribution is 2.25. The number of methoxy groups -OCH3 is 1. The van der Waals surface area contributed by atoms with Crippen molar-refractivity contribution in [1.29, 1.82) is 0 Å². The van der Waals surface area contributed by atoms with Gasteiger partial charge in [-0.05, 0) is 24.6 Å². The van der Waals surface area contributed by atoms with Crippen LogP contribution in [0.25, 0.3) is 0 Å². The fourth-order valence-electron chi connectivity index (χ4n) is 1.94. The van der Waals surface area contributed by atoms with E-state index in [0.29, 0.717) is 23.5 Å². The zero-order valence-corrected chi connectivity index (χ0v) is 11.6. The van der Waals surface area contributed by atoms with Gasteiger partial charge in [0.05, 0.1) is 18.4 Å². The molecule has 2 aromatic rings. The first-order valence-corrected chi connectivity index (χ1v) is 6.38. The molecule has 0 spiro atoms. The Hall–Kier alpha value is -2.49. The van der Waals surface area contributed by atoms with Crippen molar-refractivity contribution in [2.45, 2.75) is 13.5 Å². The number of rotatable bonds is 4. The highest BCUT2D eigenvalue weighted by molar-refractivity contribution is 5.98. The lowest BCUT2D eigenvalue weighted by Gasteiger charge is -2.11. The van der Waals surface area contributed by atoms with Crippen molar-refractivity contribution in [3.63, 3.8) is 0 Å². The van der Waals surface area contributed by atoms with Gasteiger partial charge < -0.3 is 15.8 Å². The van der Waals surface area contributed by atoms with Crippen LogP contribution in [0.1, 0.15) is 21.5 Å². The van der Waals surface area contributed by atoms with E-state index in [2.05, 4.69) is 5.32 Å². The summed E-state index contributed by atoms with van der Waals surface area (Å²) in [5.41, 5.74) is 8.93. The van der Waals surface area contributed by atoms with Gasteiger partial charge in [-0.1, -0.05) is 35.9 Å². The van der Waals surface area contributed by atoms with Crippen molar-refractivity contribution in [1.82, 2.24) is 5.32 Å². The number of para-hydroxylation sites is 1. The van der Waals surface area contributed by atoms with Crippen molar-refractivity contribution in [2.75, 3.05) is 12.8 Å². The molecular weight excluding hydrogens is 252 g/mol. The summed E-state index contributed by atoms with van der Waals surface area (Å²) in [7, 11) is 1.50. The Balaban J connectivity index is 2.09. The van der Waals surface area contributed by atoms with Crippen molar-refractivity contribution in [3.05, 3.63) is 59.2 Å². The largest absolute Gasteiger partial charge is 0.494 e. The second kappa shape index (κ2) is 6.10. The van der Waals surface area contributed by atoms with Crippen LogP contribution >= 0.6 is 0 Å². The average molecular weight is 270 g/mol. The Morgan fingerprint density at radius 3 is 2.55 bits per heavy atom. The van der Waals surface area contributed by atoms with Gasteiger partial charge in [0.1, 0.15) is 0 Å². The Morgan fingerprint density at radius 1 is 1.20 bits per heavy atom. The molecule has 2 aromatic carbocycles. The van der Waals surface area contributed by atoms with Gasteiger partial charge in [0.2, 0.25) is 0 Å². The van der Waals surface area contributed by atoms with Crippen molar-refractivity contribution >= 4 is 11.6 Å². The van der Waals surface area contributed by atoms with E-state index in [0.717, 1.165) is 5.56 Å². The summed E-state index contributed by atoms with van der Waals surface area (Å²) in [6.07, 6.45) is 0. The van der Waals surface area contributed by atoms with Crippen LogP contribution < -0.4 is 15.8 Å². The number of amides is 1. The van der Waals surface area contributed by atoms with Crippen LogP contribution in [0.15, 0.2) is 42.5 Å². The van der Waals surface area contributed by atoms with E-state index in [9.17, 15) is 4.79 Å². The Morgan fingerprint density at radius 2 is 1.90 bits per heavy atom. The smallest absolute Gasteiger partial charge is 0.255 e. The van der Waals surface area contributed by atoms with E-state index < -0.39 is 0 Å². The topological polar surface area (TPSA) is 64.3 Å². The second-order valence-electron chi connectivity index (χ2n) is 4.60. The minimum Gasteiger partial charge on any atom is -0.494 e. The molecule has 0 fully saturated rings. The lowest BCUT2D eigenvalue weighted by Crippen LogP contribution is -2.23. The van der Waals surface area contributed by atoms with Crippen LogP contribution in [0.2, 0.25) is 0 Å². The Kier molecular flexibility index (Phi) is 4.25. The van der Waals surface area contributed by atoms with Gasteiger partial charge in [-0.2, -0.15) is 0 Å². The highest BCUT2D eigenvalue weighted by Gasteiger charge is 2.13. The summed E-state index contributed by atoms with van der Waals surface area (Å²) >= 11 is 0. The predicted octanol–water partition coefficient (Wildman–Crippen LogP) is 2.52.